The van der Waals surface area contributed by atoms with Gasteiger partial charge in [0.2, 0.25) is 5.91 Å². The Morgan fingerprint density at radius 2 is 1.79 bits per heavy atom. The summed E-state index contributed by atoms with van der Waals surface area (Å²) in [6.07, 6.45) is 8.14. The summed E-state index contributed by atoms with van der Waals surface area (Å²) in [4.78, 5) is 37.7. The fourth-order valence-electron chi connectivity index (χ4n) is 8.67. The summed E-state index contributed by atoms with van der Waals surface area (Å²) in [7, 11) is -4.07. The van der Waals surface area contributed by atoms with Gasteiger partial charge < -0.3 is 5.32 Å². The molecule has 0 heterocycles. The summed E-state index contributed by atoms with van der Waals surface area (Å²) >= 11 is 0. The van der Waals surface area contributed by atoms with E-state index >= 15 is 0 Å². The number of hydrogen-bond acceptors (Lipinski definition) is 5. The van der Waals surface area contributed by atoms with Gasteiger partial charge in [-0.3, -0.25) is 18.9 Å². The molecule has 4 aliphatic rings. The number of hydrogen-bond donors (Lipinski definition) is 2. The standard InChI is InChI=1S/C26H41NO6S/c1-16(4-7-23(30)27-12-13-34(31,32)33)19-5-6-20-24-21(9-11-26(19,20)3)25(2)10-8-18(28)14-17(25)15-22(24)29/h16-17,19-21,24H,4-15H2,1-3H3,(H,27,30)(H,31,32,33)/t16-,17?,19-,20+,21+,24+,25+,26-/m1/s1. The molecule has 4 fully saturated rings. The maximum absolute atomic E-state index is 13.5. The minimum absolute atomic E-state index is 0.0776. The Bertz CT molecular complexity index is 947. The number of carbonyl (C=O) groups excluding carboxylic acids is 3. The van der Waals surface area contributed by atoms with Crippen LogP contribution in [0, 0.1) is 46.3 Å². The second-order valence-electron chi connectivity index (χ2n) is 12.2. The largest absolute Gasteiger partial charge is 0.355 e. The van der Waals surface area contributed by atoms with Crippen molar-refractivity contribution in [3.8, 4) is 0 Å². The fourth-order valence-corrected chi connectivity index (χ4v) is 9.03. The zero-order chi connectivity index (χ0) is 24.9. The molecule has 192 valence electrons. The van der Waals surface area contributed by atoms with Crippen LogP contribution < -0.4 is 5.32 Å². The zero-order valence-corrected chi connectivity index (χ0v) is 21.7. The third-order valence-electron chi connectivity index (χ3n) is 10.6. The summed E-state index contributed by atoms with van der Waals surface area (Å²) in [6.45, 7) is 6.86. The molecule has 0 aromatic rings. The van der Waals surface area contributed by atoms with Gasteiger partial charge in [-0.15, -0.1) is 0 Å². The first kappa shape index (κ1) is 25.8. The van der Waals surface area contributed by atoms with Gasteiger partial charge in [0.15, 0.2) is 0 Å². The van der Waals surface area contributed by atoms with Crippen molar-refractivity contribution in [2.45, 2.75) is 85.0 Å². The summed E-state index contributed by atoms with van der Waals surface area (Å²) in [5.74, 6) is 2.00. The Morgan fingerprint density at radius 3 is 2.50 bits per heavy atom. The molecule has 4 saturated carbocycles. The number of nitrogens with one attached hydrogen (secondary N) is 1. The van der Waals surface area contributed by atoms with Crippen LogP contribution in [0.2, 0.25) is 0 Å². The highest BCUT2D eigenvalue weighted by Crippen LogP contribution is 2.67. The molecule has 1 unspecified atom stereocenters. The van der Waals surface area contributed by atoms with E-state index in [0.29, 0.717) is 60.9 Å². The van der Waals surface area contributed by atoms with Crippen LogP contribution in [0.1, 0.15) is 85.0 Å². The SMILES string of the molecule is C[C@H](CCC(=O)NCCS(=O)(=O)O)[C@H]1CC[C@H]2[C@@H]3C(=O)CC4CC(=O)CC[C@]4(C)[C@H]3CC[C@]12C. The Labute approximate surface area is 204 Å². The molecule has 0 saturated heterocycles. The van der Waals surface area contributed by atoms with Crippen molar-refractivity contribution < 1.29 is 27.4 Å². The highest BCUT2D eigenvalue weighted by molar-refractivity contribution is 7.85. The van der Waals surface area contributed by atoms with Crippen LogP contribution in [0.4, 0.5) is 0 Å². The van der Waals surface area contributed by atoms with E-state index in [1.807, 2.05) is 0 Å². The summed E-state index contributed by atoms with van der Waals surface area (Å²) in [5.41, 5.74) is 0.211. The monoisotopic (exact) mass is 495 g/mol. The van der Waals surface area contributed by atoms with Gasteiger partial charge in [0, 0.05) is 38.1 Å². The lowest BCUT2D eigenvalue weighted by Crippen LogP contribution is -2.57. The molecule has 8 atom stereocenters. The maximum atomic E-state index is 13.5. The summed E-state index contributed by atoms with van der Waals surface area (Å²) < 4.78 is 30.5. The second kappa shape index (κ2) is 9.30. The van der Waals surface area contributed by atoms with Gasteiger partial charge in [0.25, 0.3) is 10.1 Å². The zero-order valence-electron chi connectivity index (χ0n) is 20.8. The molecule has 1 amide bonds. The van der Waals surface area contributed by atoms with Crippen molar-refractivity contribution in [2.75, 3.05) is 12.3 Å². The van der Waals surface area contributed by atoms with Crippen LogP contribution in [0.5, 0.6) is 0 Å². The molecule has 2 N–H and O–H groups in total. The average Bonchev–Trinajstić information content (AvgIpc) is 3.09. The number of fused-ring (bicyclic) bond motifs is 5. The number of ketones is 2. The Morgan fingerprint density at radius 1 is 1.09 bits per heavy atom. The third kappa shape index (κ3) is 4.73. The van der Waals surface area contributed by atoms with Crippen LogP contribution in [0.15, 0.2) is 0 Å². The normalized spacial score (nSPS) is 40.8. The minimum Gasteiger partial charge on any atom is -0.355 e. The van der Waals surface area contributed by atoms with Crippen LogP contribution in [0.3, 0.4) is 0 Å². The molecular weight excluding hydrogens is 454 g/mol. The Hall–Kier alpha value is -1.28. The number of Topliss-reactive ketones (excluding diaryl/α,β-unsaturated/α-hetero) is 2. The molecule has 0 radical (unpaired) electrons. The number of rotatable bonds is 7. The molecule has 4 aliphatic carbocycles. The van der Waals surface area contributed by atoms with Gasteiger partial charge in [-0.25, -0.2) is 0 Å². The lowest BCUT2D eigenvalue weighted by atomic mass is 9.44. The van der Waals surface area contributed by atoms with Crippen molar-refractivity contribution in [3.63, 3.8) is 0 Å². The van der Waals surface area contributed by atoms with Crippen LogP contribution in [-0.2, 0) is 24.5 Å². The average molecular weight is 496 g/mol. The molecule has 4 rings (SSSR count). The van der Waals surface area contributed by atoms with E-state index in [2.05, 4.69) is 26.1 Å². The highest BCUT2D eigenvalue weighted by atomic mass is 32.2. The molecule has 34 heavy (non-hydrogen) atoms. The van der Waals surface area contributed by atoms with Crippen LogP contribution >= 0.6 is 0 Å². The van der Waals surface area contributed by atoms with Gasteiger partial charge in [-0.1, -0.05) is 20.8 Å². The quantitative estimate of drug-likeness (QED) is 0.519. The molecule has 0 spiro atoms. The fraction of sp³-hybridized carbons (Fsp3) is 0.885. The van der Waals surface area contributed by atoms with Crippen molar-refractivity contribution in [2.24, 2.45) is 46.3 Å². The van der Waals surface area contributed by atoms with Crippen molar-refractivity contribution >= 4 is 27.6 Å². The Kier molecular flexibility index (Phi) is 7.06. The van der Waals surface area contributed by atoms with Crippen molar-refractivity contribution in [1.29, 1.82) is 0 Å². The van der Waals surface area contributed by atoms with Gasteiger partial charge in [-0.05, 0) is 78.9 Å². The summed E-state index contributed by atoms with van der Waals surface area (Å²) in [5, 5.41) is 2.58. The number of amides is 1. The Balaban J connectivity index is 1.40. The molecule has 0 aromatic carbocycles. The molecule has 0 aliphatic heterocycles. The lowest BCUT2D eigenvalue weighted by molar-refractivity contribution is -0.159. The molecular formula is C26H41NO6S. The first-order valence-electron chi connectivity index (χ1n) is 13.1. The summed E-state index contributed by atoms with van der Waals surface area (Å²) in [6, 6.07) is 0. The molecule has 7 nitrogen and oxygen atoms in total. The van der Waals surface area contributed by atoms with Gasteiger partial charge in [-0.2, -0.15) is 8.42 Å². The molecule has 0 bridgehead atoms. The van der Waals surface area contributed by atoms with E-state index in [-0.39, 0.29) is 35.1 Å². The first-order chi connectivity index (χ1) is 15.8. The smallest absolute Gasteiger partial charge is 0.266 e. The minimum atomic E-state index is -4.07. The van der Waals surface area contributed by atoms with Gasteiger partial charge in [0.1, 0.15) is 11.6 Å². The van der Waals surface area contributed by atoms with Crippen molar-refractivity contribution in [1.82, 2.24) is 5.32 Å². The molecule has 0 aromatic heterocycles. The van der Waals surface area contributed by atoms with Gasteiger partial charge in [0.05, 0.1) is 5.75 Å². The predicted molar refractivity (Wildman–Crippen MR) is 128 cm³/mol. The van der Waals surface area contributed by atoms with Crippen LogP contribution in [-0.4, -0.2) is 42.7 Å². The van der Waals surface area contributed by atoms with E-state index in [1.54, 1.807) is 0 Å². The first-order valence-corrected chi connectivity index (χ1v) is 14.7. The van der Waals surface area contributed by atoms with E-state index < -0.39 is 15.9 Å². The maximum Gasteiger partial charge on any atom is 0.266 e. The van der Waals surface area contributed by atoms with E-state index in [4.69, 9.17) is 4.55 Å². The second-order valence-corrected chi connectivity index (χ2v) is 13.8. The van der Waals surface area contributed by atoms with Crippen LogP contribution in [0.25, 0.3) is 0 Å². The predicted octanol–water partition coefficient (Wildman–Crippen LogP) is 3.81. The van der Waals surface area contributed by atoms with Crippen molar-refractivity contribution in [3.05, 3.63) is 0 Å². The molecule has 8 heteroatoms. The number of carbonyl (C=O) groups is 3. The highest BCUT2D eigenvalue weighted by Gasteiger charge is 2.63. The van der Waals surface area contributed by atoms with E-state index in [0.717, 1.165) is 38.5 Å². The third-order valence-corrected chi connectivity index (χ3v) is 11.3. The van der Waals surface area contributed by atoms with E-state index in [1.165, 1.54) is 0 Å². The lowest BCUT2D eigenvalue weighted by Gasteiger charge is -2.59. The van der Waals surface area contributed by atoms with E-state index in [9.17, 15) is 22.8 Å². The topological polar surface area (TPSA) is 118 Å². The van der Waals surface area contributed by atoms with Gasteiger partial charge >= 0.3 is 0 Å².